The molecule has 0 bridgehead atoms. The number of carbonyl (C=O) groups is 1. The third-order valence-corrected chi connectivity index (χ3v) is 9.48. The van der Waals surface area contributed by atoms with Crippen molar-refractivity contribution in [3.05, 3.63) is 41.4 Å². The quantitative estimate of drug-likeness (QED) is 0.134. The molecule has 19 heteroatoms. The third-order valence-electron chi connectivity index (χ3n) is 8.20. The molecule has 3 aromatic heterocycles. The number of hydrogen-bond acceptors (Lipinski definition) is 10. The molecule has 5 atom stereocenters. The molecule has 4 N–H and O–H groups in total. The topological polar surface area (TPSA) is 139 Å². The van der Waals surface area contributed by atoms with Crippen LogP contribution in [0.25, 0.3) is 20.8 Å². The lowest BCUT2D eigenvalue weighted by molar-refractivity contribution is -0.208. The van der Waals surface area contributed by atoms with Crippen LogP contribution < -0.4 is 20.7 Å². The third kappa shape index (κ3) is 8.26. The molecular weight excluding hydrogens is 687 g/mol. The first kappa shape index (κ1) is 36.3. The predicted octanol–water partition coefficient (Wildman–Crippen LogP) is 5.78. The maximum absolute atomic E-state index is 15.5. The minimum absolute atomic E-state index is 0.0751. The SMILES string of the molecule is CCC1CC(Nc2cccc3c(CC(F)(F)F)c(-c4noc(CNC(=O)c5cn(CC(O)C(F)(F)F)nc5OC)n4)sc23)C(F)C(CC)N1. The number of nitrogens with zero attached hydrogens (tertiary/aromatic N) is 4. The molecule has 1 saturated heterocycles. The number of methoxy groups -OCH3 is 1. The number of thiophene rings is 1. The van der Waals surface area contributed by atoms with Gasteiger partial charge in [0.25, 0.3) is 5.91 Å². The van der Waals surface area contributed by atoms with Gasteiger partial charge in [-0.2, -0.15) is 31.3 Å². The summed E-state index contributed by atoms with van der Waals surface area (Å²) >= 11 is 0.995. The zero-order valence-electron chi connectivity index (χ0n) is 26.5. The number of amides is 1. The van der Waals surface area contributed by atoms with E-state index in [2.05, 4.69) is 31.2 Å². The van der Waals surface area contributed by atoms with Crippen LogP contribution in [0.3, 0.4) is 0 Å². The van der Waals surface area contributed by atoms with E-state index in [1.165, 1.54) is 0 Å². The number of nitrogens with one attached hydrogen (secondary N) is 3. The van der Waals surface area contributed by atoms with Gasteiger partial charge in [0.1, 0.15) is 11.7 Å². The smallest absolute Gasteiger partial charge is 0.416 e. The fourth-order valence-corrected chi connectivity index (χ4v) is 6.96. The highest BCUT2D eigenvalue weighted by Crippen LogP contribution is 2.44. The number of piperidine rings is 1. The standard InChI is InChI=1S/C30H34F7N7O4S/c1-4-14-9-20(23(31)18(5-2)39-14)40-19-8-6-7-15-16(10-29(32,33)34)25(49-24(15)19)26-41-22(48-43-26)11-38-27(46)17-12-44(42-28(17)47-3)13-21(45)30(35,36)37/h6-8,12,14,18,20-21,23,39-40,45H,4-5,9-11,13H2,1-3H3,(H,38,46). The number of anilines is 1. The summed E-state index contributed by atoms with van der Waals surface area (Å²) in [7, 11) is 1.14. The van der Waals surface area contributed by atoms with Crippen molar-refractivity contribution in [2.75, 3.05) is 12.4 Å². The Bertz CT molecular complexity index is 1760. The molecule has 4 heterocycles. The van der Waals surface area contributed by atoms with Crippen LogP contribution in [0.2, 0.25) is 0 Å². The van der Waals surface area contributed by atoms with E-state index in [0.717, 1.165) is 31.1 Å². The van der Waals surface area contributed by atoms with Crippen LogP contribution in [0.5, 0.6) is 5.88 Å². The Morgan fingerprint density at radius 3 is 2.63 bits per heavy atom. The largest absolute Gasteiger partial charge is 0.479 e. The van der Waals surface area contributed by atoms with Gasteiger partial charge >= 0.3 is 12.4 Å². The molecule has 0 spiro atoms. The van der Waals surface area contributed by atoms with Gasteiger partial charge in [-0.1, -0.05) is 31.1 Å². The summed E-state index contributed by atoms with van der Waals surface area (Å²) in [5.41, 5.74) is 0.128. The normalized spacial score (nSPS) is 20.8. The number of alkyl halides is 7. The summed E-state index contributed by atoms with van der Waals surface area (Å²) in [4.78, 5) is 17.1. The monoisotopic (exact) mass is 721 g/mol. The summed E-state index contributed by atoms with van der Waals surface area (Å²) in [6.45, 7) is 2.50. The van der Waals surface area contributed by atoms with Crippen LogP contribution in [0.15, 0.2) is 28.9 Å². The number of ether oxygens (including phenoxy) is 1. The van der Waals surface area contributed by atoms with E-state index < -0.39 is 56.1 Å². The van der Waals surface area contributed by atoms with Gasteiger partial charge in [-0.25, -0.2) is 4.39 Å². The molecular formula is C30H34F7N7O4S. The van der Waals surface area contributed by atoms with Crippen molar-refractivity contribution < 1.29 is 49.9 Å². The van der Waals surface area contributed by atoms with Gasteiger partial charge < -0.3 is 30.3 Å². The van der Waals surface area contributed by atoms with E-state index in [4.69, 9.17) is 9.26 Å². The second-order valence-electron chi connectivity index (χ2n) is 11.6. The fraction of sp³-hybridized carbons (Fsp3) is 0.533. The number of aliphatic hydroxyl groups is 1. The van der Waals surface area contributed by atoms with Crippen LogP contribution in [0.4, 0.5) is 36.4 Å². The Balaban J connectivity index is 1.38. The molecule has 11 nitrogen and oxygen atoms in total. The van der Waals surface area contributed by atoms with Gasteiger partial charge in [0.15, 0.2) is 6.10 Å². The first-order chi connectivity index (χ1) is 23.1. The summed E-state index contributed by atoms with van der Waals surface area (Å²) in [5, 5.41) is 26.2. The number of rotatable bonds is 12. The molecule has 0 saturated carbocycles. The molecule has 0 aliphatic carbocycles. The second-order valence-corrected chi connectivity index (χ2v) is 12.6. The van der Waals surface area contributed by atoms with Gasteiger partial charge in [0, 0.05) is 18.3 Å². The number of aliphatic hydroxyl groups excluding tert-OH is 1. The van der Waals surface area contributed by atoms with Gasteiger partial charge in [-0.05, 0) is 36.3 Å². The molecule has 0 radical (unpaired) electrons. The molecule has 1 aliphatic heterocycles. The van der Waals surface area contributed by atoms with E-state index in [1.54, 1.807) is 18.2 Å². The highest BCUT2D eigenvalue weighted by molar-refractivity contribution is 7.23. The average molecular weight is 722 g/mol. The fourth-order valence-electron chi connectivity index (χ4n) is 5.74. The van der Waals surface area contributed by atoms with Crippen molar-refractivity contribution in [3.63, 3.8) is 0 Å². The van der Waals surface area contributed by atoms with E-state index in [0.29, 0.717) is 33.3 Å². The van der Waals surface area contributed by atoms with Crippen molar-refractivity contribution in [2.45, 2.75) is 95.4 Å². The number of aromatic nitrogens is 4. The van der Waals surface area contributed by atoms with Gasteiger partial charge in [0.2, 0.25) is 17.6 Å². The Morgan fingerprint density at radius 1 is 1.22 bits per heavy atom. The summed E-state index contributed by atoms with van der Waals surface area (Å²) < 4.78 is 107. The van der Waals surface area contributed by atoms with Crippen molar-refractivity contribution >= 4 is 33.0 Å². The van der Waals surface area contributed by atoms with Gasteiger partial charge in [0.05, 0.1) is 47.9 Å². The number of hydrogen-bond donors (Lipinski definition) is 4. The number of halogens is 7. The van der Waals surface area contributed by atoms with Gasteiger partial charge in [-0.3, -0.25) is 9.48 Å². The maximum Gasteiger partial charge on any atom is 0.416 e. The first-order valence-electron chi connectivity index (χ1n) is 15.4. The highest BCUT2D eigenvalue weighted by atomic mass is 32.1. The van der Waals surface area contributed by atoms with E-state index in [-0.39, 0.29) is 45.7 Å². The second kappa shape index (κ2) is 14.5. The van der Waals surface area contributed by atoms with E-state index >= 15 is 4.39 Å². The minimum atomic E-state index is -4.91. The Hall–Kier alpha value is -3.97. The Morgan fingerprint density at radius 2 is 1.98 bits per heavy atom. The summed E-state index contributed by atoms with van der Waals surface area (Å²) in [5.74, 6) is -1.50. The van der Waals surface area contributed by atoms with Crippen LogP contribution in [0.1, 0.15) is 54.9 Å². The van der Waals surface area contributed by atoms with Crippen LogP contribution in [0, 0.1) is 0 Å². The molecule has 1 fully saturated rings. The number of benzene rings is 1. The lowest BCUT2D eigenvalue weighted by Crippen LogP contribution is -2.57. The van der Waals surface area contributed by atoms with E-state index in [9.17, 15) is 36.2 Å². The molecule has 268 valence electrons. The average Bonchev–Trinajstić information content (AvgIpc) is 3.77. The minimum Gasteiger partial charge on any atom is -0.479 e. The lowest BCUT2D eigenvalue weighted by Gasteiger charge is -2.39. The predicted molar refractivity (Wildman–Crippen MR) is 165 cm³/mol. The number of carbonyl (C=O) groups excluding carboxylic acids is 1. The molecule has 5 unspecified atom stereocenters. The van der Waals surface area contributed by atoms with E-state index in [1.807, 2.05) is 13.8 Å². The van der Waals surface area contributed by atoms with Crippen molar-refractivity contribution in [3.8, 4) is 16.6 Å². The maximum atomic E-state index is 15.5. The zero-order valence-corrected chi connectivity index (χ0v) is 27.3. The molecule has 1 aromatic carbocycles. The molecule has 1 aliphatic rings. The van der Waals surface area contributed by atoms with Crippen molar-refractivity contribution in [1.29, 1.82) is 0 Å². The lowest BCUT2D eigenvalue weighted by atomic mass is 9.89. The molecule has 49 heavy (non-hydrogen) atoms. The van der Waals surface area contributed by atoms with Crippen molar-refractivity contribution in [1.82, 2.24) is 30.6 Å². The molecule has 1 amide bonds. The Labute approximate surface area is 279 Å². The van der Waals surface area contributed by atoms with Crippen LogP contribution in [-0.2, 0) is 19.5 Å². The number of fused-ring (bicyclic) bond motifs is 1. The molecule has 4 aromatic rings. The van der Waals surface area contributed by atoms with Crippen LogP contribution in [-0.4, -0.2) is 80.8 Å². The van der Waals surface area contributed by atoms with Gasteiger partial charge in [-0.15, -0.1) is 16.4 Å². The first-order valence-corrected chi connectivity index (χ1v) is 16.2. The summed E-state index contributed by atoms with van der Waals surface area (Å²) in [6, 6.07) is 3.97. The Kier molecular flexibility index (Phi) is 10.7. The summed E-state index contributed by atoms with van der Waals surface area (Å²) in [6.07, 6.45) is -12.0. The zero-order chi connectivity index (χ0) is 35.7. The molecule has 5 rings (SSSR count). The highest BCUT2D eigenvalue weighted by Gasteiger charge is 2.39. The van der Waals surface area contributed by atoms with Crippen LogP contribution >= 0.6 is 11.3 Å². The van der Waals surface area contributed by atoms with Crippen molar-refractivity contribution in [2.24, 2.45) is 0 Å².